The van der Waals surface area contributed by atoms with Crippen LogP contribution in [0.25, 0.3) is 0 Å². The monoisotopic (exact) mass is 412 g/mol. The minimum atomic E-state index is -0.907. The molecule has 30 heavy (non-hydrogen) atoms. The largest absolute Gasteiger partial charge is 0.482 e. The van der Waals surface area contributed by atoms with Gasteiger partial charge in [-0.3, -0.25) is 27.9 Å². The number of ether oxygens (including phenoxy) is 2. The van der Waals surface area contributed by atoms with Gasteiger partial charge in [-0.1, -0.05) is 18.2 Å². The van der Waals surface area contributed by atoms with Gasteiger partial charge >= 0.3 is 11.4 Å². The van der Waals surface area contributed by atoms with Crippen LogP contribution < -0.4 is 32.0 Å². The highest BCUT2D eigenvalue weighted by molar-refractivity contribution is 5.57. The molecule has 3 heterocycles. The second kappa shape index (κ2) is 6.61. The van der Waals surface area contributed by atoms with Crippen molar-refractivity contribution in [2.45, 2.75) is 5.92 Å². The van der Waals surface area contributed by atoms with Crippen molar-refractivity contribution in [3.63, 3.8) is 0 Å². The molecule has 10 nitrogen and oxygen atoms in total. The maximum absolute atomic E-state index is 13.2. The van der Waals surface area contributed by atoms with Gasteiger partial charge < -0.3 is 9.47 Å². The molecule has 2 aromatic heterocycles. The van der Waals surface area contributed by atoms with Gasteiger partial charge in [0.15, 0.2) is 0 Å². The van der Waals surface area contributed by atoms with E-state index in [1.165, 1.54) is 44.4 Å². The highest BCUT2D eigenvalue weighted by Gasteiger charge is 2.38. The number of aromatic nitrogens is 4. The molecule has 0 fully saturated rings. The zero-order valence-electron chi connectivity index (χ0n) is 17.1. The summed E-state index contributed by atoms with van der Waals surface area (Å²) in [6.45, 7) is 0. The van der Waals surface area contributed by atoms with Crippen molar-refractivity contribution in [2.24, 2.45) is 28.2 Å². The van der Waals surface area contributed by atoms with Crippen LogP contribution in [0.5, 0.6) is 17.5 Å². The van der Waals surface area contributed by atoms with Crippen LogP contribution >= 0.6 is 0 Å². The average molecular weight is 412 g/mol. The van der Waals surface area contributed by atoms with Gasteiger partial charge in [0.25, 0.3) is 11.1 Å². The number of nitrogens with zero attached hydrogens (tertiary/aromatic N) is 4. The van der Waals surface area contributed by atoms with Crippen molar-refractivity contribution in [1.82, 2.24) is 18.3 Å². The molecule has 1 atom stereocenters. The molecule has 0 aliphatic carbocycles. The Morgan fingerprint density at radius 3 is 2.00 bits per heavy atom. The van der Waals surface area contributed by atoms with E-state index in [-0.39, 0.29) is 22.9 Å². The second-order valence-corrected chi connectivity index (χ2v) is 7.13. The number of methoxy groups -OCH3 is 1. The van der Waals surface area contributed by atoms with E-state index in [9.17, 15) is 19.2 Å². The number of hydrogen-bond acceptors (Lipinski definition) is 6. The molecule has 10 heteroatoms. The summed E-state index contributed by atoms with van der Waals surface area (Å²) in [4.78, 5) is 51.3. The maximum Gasteiger partial charge on any atom is 0.333 e. The van der Waals surface area contributed by atoms with Crippen molar-refractivity contribution >= 4 is 0 Å². The van der Waals surface area contributed by atoms with Crippen LogP contribution in [0.3, 0.4) is 0 Å². The van der Waals surface area contributed by atoms with E-state index in [1.54, 1.807) is 24.3 Å². The third-order valence-corrected chi connectivity index (χ3v) is 5.50. The lowest BCUT2D eigenvalue weighted by molar-refractivity contribution is 0.355. The summed E-state index contributed by atoms with van der Waals surface area (Å²) < 4.78 is 15.7. The first-order valence-electron chi connectivity index (χ1n) is 9.11. The van der Waals surface area contributed by atoms with Crippen LogP contribution in [0.15, 0.2) is 43.4 Å². The first kappa shape index (κ1) is 19.5. The summed E-state index contributed by atoms with van der Waals surface area (Å²) in [6, 6.07) is 6.92. The fourth-order valence-electron chi connectivity index (χ4n) is 3.94. The van der Waals surface area contributed by atoms with Gasteiger partial charge in [-0.25, -0.2) is 9.59 Å². The van der Waals surface area contributed by atoms with E-state index < -0.39 is 28.4 Å². The van der Waals surface area contributed by atoms with Crippen LogP contribution in [-0.4, -0.2) is 25.4 Å². The molecule has 156 valence electrons. The topological polar surface area (TPSA) is 106 Å². The highest BCUT2D eigenvalue weighted by atomic mass is 16.5. The lowest BCUT2D eigenvalue weighted by atomic mass is 9.84. The van der Waals surface area contributed by atoms with Gasteiger partial charge in [0, 0.05) is 33.8 Å². The highest BCUT2D eigenvalue weighted by Crippen LogP contribution is 2.45. The number of hydrogen-bond donors (Lipinski definition) is 0. The molecule has 0 bridgehead atoms. The molecule has 0 N–H and O–H groups in total. The summed E-state index contributed by atoms with van der Waals surface area (Å²) in [5, 5.41) is 0. The maximum atomic E-state index is 13.2. The molecule has 1 aromatic carbocycles. The van der Waals surface area contributed by atoms with E-state index in [0.29, 0.717) is 11.3 Å². The minimum absolute atomic E-state index is 0.0339. The lowest BCUT2D eigenvalue weighted by Gasteiger charge is -2.29. The molecule has 1 aliphatic heterocycles. The molecule has 1 aliphatic rings. The first-order valence-corrected chi connectivity index (χ1v) is 9.11. The fourth-order valence-corrected chi connectivity index (χ4v) is 3.94. The van der Waals surface area contributed by atoms with Gasteiger partial charge in [-0.05, 0) is 6.07 Å². The fraction of sp³-hybridized carbons (Fsp3) is 0.300. The van der Waals surface area contributed by atoms with E-state index in [4.69, 9.17) is 9.47 Å². The molecule has 4 rings (SSSR count). The predicted octanol–water partition coefficient (Wildman–Crippen LogP) is -0.224. The summed E-state index contributed by atoms with van der Waals surface area (Å²) >= 11 is 0. The van der Waals surface area contributed by atoms with Crippen LogP contribution in [0.1, 0.15) is 22.6 Å². The Morgan fingerprint density at radius 2 is 1.37 bits per heavy atom. The smallest absolute Gasteiger partial charge is 0.333 e. The zero-order valence-corrected chi connectivity index (χ0v) is 17.1. The first-order chi connectivity index (χ1) is 14.2. The third kappa shape index (κ3) is 2.43. The minimum Gasteiger partial charge on any atom is -0.482 e. The van der Waals surface area contributed by atoms with Crippen molar-refractivity contribution in [1.29, 1.82) is 0 Å². The van der Waals surface area contributed by atoms with Crippen LogP contribution in [0, 0.1) is 0 Å². The number of benzene rings is 1. The molecule has 0 spiro atoms. The Kier molecular flexibility index (Phi) is 4.30. The normalized spacial score (nSPS) is 14.6. The van der Waals surface area contributed by atoms with Crippen molar-refractivity contribution < 1.29 is 9.47 Å². The third-order valence-electron chi connectivity index (χ3n) is 5.50. The average Bonchev–Trinajstić information content (AvgIpc) is 2.75. The van der Waals surface area contributed by atoms with E-state index in [2.05, 4.69) is 0 Å². The predicted molar refractivity (Wildman–Crippen MR) is 108 cm³/mol. The molecule has 0 amide bonds. The Balaban J connectivity index is 2.25. The van der Waals surface area contributed by atoms with Gasteiger partial charge in [0.2, 0.25) is 11.8 Å². The second-order valence-electron chi connectivity index (χ2n) is 7.13. The van der Waals surface area contributed by atoms with Crippen molar-refractivity contribution in [3.05, 3.63) is 82.6 Å². The van der Waals surface area contributed by atoms with Crippen LogP contribution in [-0.2, 0) is 28.2 Å². The zero-order chi connectivity index (χ0) is 21.9. The Morgan fingerprint density at radius 1 is 0.800 bits per heavy atom. The molecular formula is C20H20N4O6. The number of rotatable bonds is 2. The summed E-state index contributed by atoms with van der Waals surface area (Å²) in [7, 11) is 7.04. The summed E-state index contributed by atoms with van der Waals surface area (Å²) in [6.07, 6.45) is 0. The Bertz CT molecular complexity index is 1440. The molecule has 0 saturated carbocycles. The standard InChI is InChI=1S/C20H20N4O6/c1-21-15(25)13(17(29-5)23(3)19(21)27)12-10-8-6-7-9-11(10)30-18-14(12)16(26)22(2)20(28)24(18)4/h6-9,12H,1-5H3/t12-/m0/s1. The van der Waals surface area contributed by atoms with Crippen LogP contribution in [0.4, 0.5) is 0 Å². The van der Waals surface area contributed by atoms with E-state index >= 15 is 0 Å². The number of para-hydroxylation sites is 1. The van der Waals surface area contributed by atoms with Crippen LogP contribution in [0.2, 0.25) is 0 Å². The number of fused-ring (bicyclic) bond motifs is 2. The molecule has 0 unspecified atom stereocenters. The van der Waals surface area contributed by atoms with E-state index in [1.807, 2.05) is 0 Å². The van der Waals surface area contributed by atoms with Crippen molar-refractivity contribution in [3.8, 4) is 17.5 Å². The molecule has 0 saturated heterocycles. The Hall–Kier alpha value is -3.82. The van der Waals surface area contributed by atoms with Gasteiger partial charge in [0.1, 0.15) is 5.75 Å². The van der Waals surface area contributed by atoms with Gasteiger partial charge in [-0.2, -0.15) is 0 Å². The summed E-state index contributed by atoms with van der Waals surface area (Å²) in [5.41, 5.74) is -1.53. The Labute approximate surface area is 169 Å². The van der Waals surface area contributed by atoms with E-state index in [0.717, 1.165) is 9.13 Å². The SMILES string of the molecule is COc1c([C@@H]2c3ccccc3Oc3c2c(=O)n(C)c(=O)n3C)c(=O)n(C)c(=O)n1C. The van der Waals surface area contributed by atoms with Gasteiger partial charge in [-0.15, -0.1) is 0 Å². The molecule has 0 radical (unpaired) electrons. The lowest BCUT2D eigenvalue weighted by Crippen LogP contribution is -2.44. The van der Waals surface area contributed by atoms with Gasteiger partial charge in [0.05, 0.1) is 24.2 Å². The molecule has 3 aromatic rings. The van der Waals surface area contributed by atoms with Crippen molar-refractivity contribution in [2.75, 3.05) is 7.11 Å². The summed E-state index contributed by atoms with van der Waals surface area (Å²) in [5.74, 6) is -0.427. The quantitative estimate of drug-likeness (QED) is 0.451. The molecular weight excluding hydrogens is 392 g/mol.